The van der Waals surface area contributed by atoms with Crippen molar-refractivity contribution in [2.75, 3.05) is 7.05 Å². The van der Waals surface area contributed by atoms with Gasteiger partial charge in [-0.25, -0.2) is 4.39 Å². The maximum atomic E-state index is 14.0. The molecular formula is C12H17FN4O2. The predicted molar refractivity (Wildman–Crippen MR) is 69.3 cm³/mol. The van der Waals surface area contributed by atoms with Crippen LogP contribution in [0.15, 0.2) is 23.4 Å². The average molecular weight is 268 g/mol. The number of nitrogens with zero attached hydrogens (tertiary/aromatic N) is 1. The number of carbonyl (C=O) groups excluding carboxylic acids is 1. The van der Waals surface area contributed by atoms with E-state index < -0.39 is 11.9 Å². The molecule has 7 heteroatoms. The molecule has 1 aromatic carbocycles. The molecule has 1 atom stereocenters. The van der Waals surface area contributed by atoms with Gasteiger partial charge in [-0.3, -0.25) is 4.79 Å². The van der Waals surface area contributed by atoms with E-state index >= 15 is 0 Å². The number of amides is 1. The molecule has 19 heavy (non-hydrogen) atoms. The van der Waals surface area contributed by atoms with Crippen LogP contribution < -0.4 is 16.4 Å². The summed E-state index contributed by atoms with van der Waals surface area (Å²) in [5.41, 5.74) is 5.72. The smallest absolute Gasteiger partial charge is 0.236 e. The zero-order valence-corrected chi connectivity index (χ0v) is 10.8. The van der Waals surface area contributed by atoms with Gasteiger partial charge < -0.3 is 21.6 Å². The summed E-state index contributed by atoms with van der Waals surface area (Å²) in [6.45, 7) is 1.83. The molecule has 1 aromatic rings. The van der Waals surface area contributed by atoms with E-state index in [0.29, 0.717) is 5.56 Å². The number of carbonyl (C=O) groups is 1. The third kappa shape index (κ3) is 3.65. The van der Waals surface area contributed by atoms with E-state index in [2.05, 4.69) is 15.8 Å². The van der Waals surface area contributed by atoms with E-state index in [1.165, 1.54) is 13.1 Å². The summed E-state index contributed by atoms with van der Waals surface area (Å²) in [5, 5.41) is 16.7. The van der Waals surface area contributed by atoms with E-state index in [4.69, 9.17) is 10.9 Å². The second-order valence-electron chi connectivity index (χ2n) is 3.98. The first-order valence-electron chi connectivity index (χ1n) is 5.71. The van der Waals surface area contributed by atoms with Crippen molar-refractivity contribution < 1.29 is 14.4 Å². The van der Waals surface area contributed by atoms with Crippen molar-refractivity contribution in [3.8, 4) is 0 Å². The minimum Gasteiger partial charge on any atom is -0.409 e. The monoisotopic (exact) mass is 268 g/mol. The number of likely N-dealkylation sites (N-methyl/N-ethyl adjacent to an activating group) is 1. The van der Waals surface area contributed by atoms with Crippen molar-refractivity contribution in [2.24, 2.45) is 10.9 Å². The highest BCUT2D eigenvalue weighted by Gasteiger charge is 2.14. The van der Waals surface area contributed by atoms with Crippen LogP contribution in [-0.2, 0) is 11.3 Å². The number of oxime groups is 1. The fourth-order valence-electron chi connectivity index (χ4n) is 1.54. The third-order valence-electron chi connectivity index (χ3n) is 2.70. The molecule has 0 saturated heterocycles. The number of hydrogen-bond donors (Lipinski definition) is 4. The Kier molecular flexibility index (Phi) is 5.25. The van der Waals surface area contributed by atoms with Crippen LogP contribution in [0, 0.1) is 5.82 Å². The summed E-state index contributed by atoms with van der Waals surface area (Å²) < 4.78 is 14.0. The van der Waals surface area contributed by atoms with Gasteiger partial charge in [-0.05, 0) is 13.0 Å². The van der Waals surface area contributed by atoms with E-state index in [1.807, 2.05) is 0 Å². The molecule has 104 valence electrons. The Morgan fingerprint density at radius 3 is 2.84 bits per heavy atom. The highest BCUT2D eigenvalue weighted by atomic mass is 19.1. The molecule has 0 bridgehead atoms. The molecule has 0 saturated carbocycles. The maximum absolute atomic E-state index is 14.0. The molecule has 1 amide bonds. The number of nitrogens with one attached hydrogen (secondary N) is 2. The molecule has 1 rings (SSSR count). The van der Waals surface area contributed by atoms with Gasteiger partial charge in [0.15, 0.2) is 5.84 Å². The van der Waals surface area contributed by atoms with Gasteiger partial charge in [-0.1, -0.05) is 17.3 Å². The van der Waals surface area contributed by atoms with Crippen molar-refractivity contribution in [1.82, 2.24) is 10.6 Å². The molecular weight excluding hydrogens is 251 g/mol. The molecule has 5 N–H and O–H groups in total. The van der Waals surface area contributed by atoms with Gasteiger partial charge >= 0.3 is 0 Å². The summed E-state index contributed by atoms with van der Waals surface area (Å²) in [6.07, 6.45) is 0. The predicted octanol–water partition coefficient (Wildman–Crippen LogP) is 0.144. The van der Waals surface area contributed by atoms with Crippen LogP contribution >= 0.6 is 0 Å². The fourth-order valence-corrected chi connectivity index (χ4v) is 1.54. The molecule has 0 fully saturated rings. The van der Waals surface area contributed by atoms with Gasteiger partial charge in [0, 0.05) is 19.2 Å². The van der Waals surface area contributed by atoms with Crippen LogP contribution in [0.2, 0.25) is 0 Å². The lowest BCUT2D eigenvalue weighted by atomic mass is 10.1. The number of amidine groups is 1. The van der Waals surface area contributed by atoms with E-state index in [-0.39, 0.29) is 23.9 Å². The van der Waals surface area contributed by atoms with Gasteiger partial charge in [0.25, 0.3) is 0 Å². The first kappa shape index (κ1) is 14.9. The molecule has 0 aliphatic carbocycles. The zero-order chi connectivity index (χ0) is 14.4. The number of halogens is 1. The average Bonchev–Trinajstić information content (AvgIpc) is 2.44. The lowest BCUT2D eigenvalue weighted by Gasteiger charge is -2.13. The molecule has 1 unspecified atom stereocenters. The summed E-state index contributed by atoms with van der Waals surface area (Å²) in [6, 6.07) is 4.12. The highest BCUT2D eigenvalue weighted by molar-refractivity contribution is 5.97. The Bertz CT molecular complexity index is 491. The van der Waals surface area contributed by atoms with E-state index in [9.17, 15) is 9.18 Å². The maximum Gasteiger partial charge on any atom is 0.236 e. The third-order valence-corrected chi connectivity index (χ3v) is 2.70. The normalized spacial score (nSPS) is 13.1. The molecule has 6 nitrogen and oxygen atoms in total. The molecule has 0 aliphatic heterocycles. The largest absolute Gasteiger partial charge is 0.409 e. The van der Waals surface area contributed by atoms with Gasteiger partial charge in [-0.15, -0.1) is 0 Å². The van der Waals surface area contributed by atoms with E-state index in [0.717, 1.165) is 0 Å². The second-order valence-corrected chi connectivity index (χ2v) is 3.98. The van der Waals surface area contributed by atoms with Crippen LogP contribution in [0.3, 0.4) is 0 Å². The van der Waals surface area contributed by atoms with Crippen LogP contribution in [0.1, 0.15) is 18.1 Å². The van der Waals surface area contributed by atoms with Crippen LogP contribution in [-0.4, -0.2) is 30.0 Å². The Balaban J connectivity index is 2.83. The van der Waals surface area contributed by atoms with Gasteiger partial charge in [0.05, 0.1) is 11.6 Å². The Labute approximate surface area is 110 Å². The zero-order valence-electron chi connectivity index (χ0n) is 10.8. The van der Waals surface area contributed by atoms with Crippen molar-refractivity contribution in [3.63, 3.8) is 0 Å². The first-order chi connectivity index (χ1) is 9.01. The Morgan fingerprint density at radius 2 is 2.26 bits per heavy atom. The van der Waals surface area contributed by atoms with Crippen molar-refractivity contribution >= 4 is 11.7 Å². The molecule has 0 spiro atoms. The summed E-state index contributed by atoms with van der Waals surface area (Å²) in [4.78, 5) is 11.3. The van der Waals surface area contributed by atoms with Gasteiger partial charge in [0.1, 0.15) is 5.82 Å². The van der Waals surface area contributed by atoms with E-state index in [1.54, 1.807) is 19.1 Å². The summed E-state index contributed by atoms with van der Waals surface area (Å²) in [5.74, 6) is -1.05. The standard InChI is InChI=1S/C12H17FN4O2/c1-7(12(18)15-2)16-6-8-4-3-5-9(10(8)13)11(14)17-19/h3-5,7,16,19H,6H2,1-2H3,(H2,14,17)(H,15,18). The second kappa shape index (κ2) is 6.69. The number of rotatable bonds is 5. The summed E-state index contributed by atoms with van der Waals surface area (Å²) in [7, 11) is 1.53. The lowest BCUT2D eigenvalue weighted by Crippen LogP contribution is -2.40. The minimum atomic E-state index is -0.575. The Morgan fingerprint density at radius 1 is 1.58 bits per heavy atom. The van der Waals surface area contributed by atoms with Crippen LogP contribution in [0.5, 0.6) is 0 Å². The lowest BCUT2D eigenvalue weighted by molar-refractivity contribution is -0.122. The summed E-state index contributed by atoms with van der Waals surface area (Å²) >= 11 is 0. The Hall–Kier alpha value is -2.15. The van der Waals surface area contributed by atoms with Crippen molar-refractivity contribution in [1.29, 1.82) is 0 Å². The number of benzene rings is 1. The minimum absolute atomic E-state index is 0.0226. The van der Waals surface area contributed by atoms with Gasteiger partial charge in [0.2, 0.25) is 5.91 Å². The van der Waals surface area contributed by atoms with Crippen molar-refractivity contribution in [3.05, 3.63) is 35.1 Å². The fraction of sp³-hybridized carbons (Fsp3) is 0.333. The SMILES string of the molecule is CNC(=O)C(C)NCc1cccc(/C(N)=N/O)c1F. The quantitative estimate of drug-likeness (QED) is 0.264. The topological polar surface area (TPSA) is 99.7 Å². The molecule has 0 aromatic heterocycles. The van der Waals surface area contributed by atoms with Gasteiger partial charge in [-0.2, -0.15) is 0 Å². The molecule has 0 radical (unpaired) electrons. The number of nitrogens with two attached hydrogens (primary N) is 1. The molecule has 0 heterocycles. The first-order valence-corrected chi connectivity index (χ1v) is 5.71. The highest BCUT2D eigenvalue weighted by Crippen LogP contribution is 2.13. The van der Waals surface area contributed by atoms with Crippen LogP contribution in [0.4, 0.5) is 4.39 Å². The number of hydrogen-bond acceptors (Lipinski definition) is 4. The van der Waals surface area contributed by atoms with Crippen LogP contribution in [0.25, 0.3) is 0 Å². The van der Waals surface area contributed by atoms with Crippen molar-refractivity contribution in [2.45, 2.75) is 19.5 Å². The molecule has 0 aliphatic rings.